The fourth-order valence-corrected chi connectivity index (χ4v) is 0.127. The number of alkyl halides is 1. The second-order valence-corrected chi connectivity index (χ2v) is 0.803. The van der Waals surface area contributed by atoms with Crippen LogP contribution in [0.15, 0.2) is 0 Å². The summed E-state index contributed by atoms with van der Waals surface area (Å²) < 4.78 is 4.06. The Morgan fingerprint density at radius 1 is 2.00 bits per heavy atom. The molecule has 0 fully saturated rings. The fourth-order valence-electron chi connectivity index (χ4n) is 0.0244. The van der Waals surface area contributed by atoms with Crippen molar-refractivity contribution in [3.63, 3.8) is 0 Å². The van der Waals surface area contributed by atoms with Gasteiger partial charge in [-0.05, 0) is 15.9 Å². The Kier molecular flexibility index (Phi) is 3.60. The first-order valence-electron chi connectivity index (χ1n) is 0.984. The molecule has 0 saturated heterocycles. The zero-order chi connectivity index (χ0) is 4.12. The van der Waals surface area contributed by atoms with Gasteiger partial charge in [-0.3, -0.25) is 0 Å². The summed E-state index contributed by atoms with van der Waals surface area (Å²) in [7, 11) is 0. The SMILES string of the molecule is N#COCBr. The van der Waals surface area contributed by atoms with Crippen molar-refractivity contribution < 1.29 is 4.74 Å². The van der Waals surface area contributed by atoms with Crippen LogP contribution in [0.3, 0.4) is 0 Å². The number of rotatable bonds is 1. The number of nitrogens with zero attached hydrogens (tertiary/aromatic N) is 1. The summed E-state index contributed by atoms with van der Waals surface area (Å²) in [6.07, 6.45) is 1.47. The average molecular weight is 136 g/mol. The molecule has 0 atom stereocenters. The van der Waals surface area contributed by atoms with E-state index in [9.17, 15) is 0 Å². The first kappa shape index (κ1) is 4.77. The minimum atomic E-state index is 0.295. The molecule has 0 aromatic rings. The van der Waals surface area contributed by atoms with Gasteiger partial charge in [0.15, 0.2) is 5.52 Å². The first-order chi connectivity index (χ1) is 2.41. The van der Waals surface area contributed by atoms with E-state index in [1.54, 1.807) is 0 Å². The quantitative estimate of drug-likeness (QED) is 0.395. The molecule has 5 heavy (non-hydrogen) atoms. The molecule has 0 bridgehead atoms. The number of halogens is 1. The summed E-state index contributed by atoms with van der Waals surface area (Å²) in [5.41, 5.74) is 0.295. The van der Waals surface area contributed by atoms with E-state index in [-0.39, 0.29) is 0 Å². The van der Waals surface area contributed by atoms with Gasteiger partial charge in [-0.25, -0.2) is 0 Å². The Balaban J connectivity index is 2.48. The van der Waals surface area contributed by atoms with Crippen LogP contribution in [0.2, 0.25) is 0 Å². The minimum absolute atomic E-state index is 0.295. The van der Waals surface area contributed by atoms with Crippen LogP contribution in [0.4, 0.5) is 0 Å². The Morgan fingerprint density at radius 2 is 2.60 bits per heavy atom. The molecule has 0 heterocycles. The van der Waals surface area contributed by atoms with Gasteiger partial charge in [-0.2, -0.15) is 5.26 Å². The summed E-state index contributed by atoms with van der Waals surface area (Å²) in [4.78, 5) is 0. The Bertz CT molecular complexity index is 48.1. The van der Waals surface area contributed by atoms with Crippen molar-refractivity contribution in [3.8, 4) is 6.26 Å². The lowest BCUT2D eigenvalue weighted by Crippen LogP contribution is -1.67. The van der Waals surface area contributed by atoms with Gasteiger partial charge < -0.3 is 4.74 Å². The Hall–Kier alpha value is -0.230. The predicted molar refractivity (Wildman–Crippen MR) is 20.5 cm³/mol. The van der Waals surface area contributed by atoms with E-state index in [1.807, 2.05) is 0 Å². The maximum Gasteiger partial charge on any atom is 0.287 e. The third-order valence-corrected chi connectivity index (χ3v) is 0.348. The lowest BCUT2D eigenvalue weighted by Gasteiger charge is -1.74. The van der Waals surface area contributed by atoms with Crippen molar-refractivity contribution in [3.05, 3.63) is 0 Å². The molecule has 0 unspecified atom stereocenters. The molecule has 0 N–H and O–H groups in total. The standard InChI is InChI=1S/C2H2BrNO/c3-1-5-2-4/h1H2. The fraction of sp³-hybridized carbons (Fsp3) is 0.500. The lowest BCUT2D eigenvalue weighted by atomic mass is 11.5. The van der Waals surface area contributed by atoms with E-state index < -0.39 is 0 Å². The molecule has 0 spiro atoms. The van der Waals surface area contributed by atoms with Crippen LogP contribution in [-0.4, -0.2) is 5.52 Å². The number of nitriles is 1. The van der Waals surface area contributed by atoms with Crippen LogP contribution in [0.25, 0.3) is 0 Å². The van der Waals surface area contributed by atoms with E-state index in [2.05, 4.69) is 20.7 Å². The molecule has 0 rings (SSSR count). The van der Waals surface area contributed by atoms with Gasteiger partial charge in [0, 0.05) is 0 Å². The molecule has 3 heteroatoms. The van der Waals surface area contributed by atoms with Gasteiger partial charge in [-0.15, -0.1) is 0 Å². The van der Waals surface area contributed by atoms with Crippen molar-refractivity contribution in [2.24, 2.45) is 0 Å². The summed E-state index contributed by atoms with van der Waals surface area (Å²) in [5.74, 6) is 0. The predicted octanol–water partition coefficient (Wildman–Crippen LogP) is 0.836. The van der Waals surface area contributed by atoms with E-state index >= 15 is 0 Å². The second-order valence-electron chi connectivity index (χ2n) is 0.345. The number of hydrogen-bond acceptors (Lipinski definition) is 2. The third-order valence-electron chi connectivity index (χ3n) is 0.119. The lowest BCUT2D eigenvalue weighted by molar-refractivity contribution is 0.346. The largest absolute Gasteiger partial charge is 0.416 e. The van der Waals surface area contributed by atoms with Gasteiger partial charge in [0.05, 0.1) is 0 Å². The normalized spacial score (nSPS) is 5.60. The summed E-state index contributed by atoms with van der Waals surface area (Å²) in [5, 5.41) is 7.56. The third kappa shape index (κ3) is 3.77. The van der Waals surface area contributed by atoms with Crippen LogP contribution < -0.4 is 0 Å². The molecule has 0 aliphatic rings. The topological polar surface area (TPSA) is 33.0 Å². The highest BCUT2D eigenvalue weighted by atomic mass is 79.9. The highest BCUT2D eigenvalue weighted by molar-refractivity contribution is 9.09. The highest BCUT2D eigenvalue weighted by Crippen LogP contribution is 1.75. The Labute approximate surface area is 38.5 Å². The van der Waals surface area contributed by atoms with Crippen LogP contribution in [-0.2, 0) is 4.74 Å². The van der Waals surface area contributed by atoms with Gasteiger partial charge >= 0.3 is 0 Å². The molecule has 0 aliphatic heterocycles. The number of hydrogen-bond donors (Lipinski definition) is 0. The Morgan fingerprint density at radius 3 is 2.60 bits per heavy atom. The molecule has 0 radical (unpaired) electrons. The average Bonchev–Trinajstić information content (AvgIpc) is 1.41. The zero-order valence-corrected chi connectivity index (χ0v) is 4.03. The molecule has 28 valence electrons. The smallest absolute Gasteiger partial charge is 0.287 e. The maximum absolute atomic E-state index is 7.56. The van der Waals surface area contributed by atoms with Crippen LogP contribution >= 0.6 is 15.9 Å². The van der Waals surface area contributed by atoms with Crippen molar-refractivity contribution in [1.29, 1.82) is 5.26 Å². The zero-order valence-electron chi connectivity index (χ0n) is 2.44. The van der Waals surface area contributed by atoms with Gasteiger partial charge in [0.1, 0.15) is 0 Å². The van der Waals surface area contributed by atoms with Crippen molar-refractivity contribution in [1.82, 2.24) is 0 Å². The maximum atomic E-state index is 7.56. The van der Waals surface area contributed by atoms with Crippen LogP contribution in [0.5, 0.6) is 0 Å². The minimum Gasteiger partial charge on any atom is -0.416 e. The second kappa shape index (κ2) is 3.77. The van der Waals surface area contributed by atoms with Crippen LogP contribution in [0, 0.1) is 11.5 Å². The van der Waals surface area contributed by atoms with Crippen molar-refractivity contribution in [2.75, 3.05) is 5.52 Å². The summed E-state index contributed by atoms with van der Waals surface area (Å²) in [6.45, 7) is 0. The molecule has 0 amide bonds. The monoisotopic (exact) mass is 135 g/mol. The molecule has 0 aromatic heterocycles. The van der Waals surface area contributed by atoms with Gasteiger partial charge in [-0.1, -0.05) is 0 Å². The van der Waals surface area contributed by atoms with E-state index in [0.717, 1.165) is 0 Å². The molecular weight excluding hydrogens is 134 g/mol. The van der Waals surface area contributed by atoms with E-state index in [4.69, 9.17) is 5.26 Å². The molecule has 2 nitrogen and oxygen atoms in total. The van der Waals surface area contributed by atoms with Crippen molar-refractivity contribution >= 4 is 15.9 Å². The highest BCUT2D eigenvalue weighted by Gasteiger charge is 1.62. The van der Waals surface area contributed by atoms with Crippen molar-refractivity contribution in [2.45, 2.75) is 0 Å². The van der Waals surface area contributed by atoms with Gasteiger partial charge in [0.25, 0.3) is 6.26 Å². The van der Waals surface area contributed by atoms with Gasteiger partial charge in [0.2, 0.25) is 0 Å². The summed E-state index contributed by atoms with van der Waals surface area (Å²) in [6, 6.07) is 0. The van der Waals surface area contributed by atoms with Crippen LogP contribution in [0.1, 0.15) is 0 Å². The van der Waals surface area contributed by atoms with E-state index in [1.165, 1.54) is 6.26 Å². The first-order valence-corrected chi connectivity index (χ1v) is 2.11. The number of ether oxygens (including phenoxy) is 1. The molecule has 0 saturated carbocycles. The summed E-state index contributed by atoms with van der Waals surface area (Å²) >= 11 is 2.86. The molecule has 0 aromatic carbocycles. The molecular formula is C2H2BrNO. The molecule has 0 aliphatic carbocycles. The van der Waals surface area contributed by atoms with E-state index in [0.29, 0.717) is 5.52 Å².